The standard InChI is InChI=1S/C8H13Cl2N3O/c1-3-5(8(11)13-14)7(10)12-4(2)6(3)9/h3,5,7,12,14H,1-2H3,(H2,11,13). The summed E-state index contributed by atoms with van der Waals surface area (Å²) in [4.78, 5) is 0. The van der Waals surface area contributed by atoms with Gasteiger partial charge >= 0.3 is 0 Å². The number of rotatable bonds is 1. The van der Waals surface area contributed by atoms with Crippen LogP contribution in [0.5, 0.6) is 0 Å². The molecule has 0 aliphatic carbocycles. The first kappa shape index (κ1) is 11.5. The average Bonchev–Trinajstić information content (AvgIpc) is 2.14. The number of amidine groups is 1. The number of nitrogens with two attached hydrogens (primary N) is 1. The van der Waals surface area contributed by atoms with E-state index in [1.807, 2.05) is 13.8 Å². The van der Waals surface area contributed by atoms with E-state index in [0.29, 0.717) is 5.03 Å². The fraction of sp³-hybridized carbons (Fsp3) is 0.625. The number of nitrogens with one attached hydrogen (secondary N) is 1. The second-order valence-corrected chi connectivity index (χ2v) is 4.24. The van der Waals surface area contributed by atoms with Crippen molar-refractivity contribution in [2.75, 3.05) is 0 Å². The van der Waals surface area contributed by atoms with Crippen LogP contribution >= 0.6 is 23.2 Å². The molecule has 4 N–H and O–H groups in total. The summed E-state index contributed by atoms with van der Waals surface area (Å²) in [5.74, 6) is -0.246. The third kappa shape index (κ3) is 1.91. The molecule has 0 aromatic rings. The highest BCUT2D eigenvalue weighted by atomic mass is 35.5. The Morgan fingerprint density at radius 1 is 1.64 bits per heavy atom. The van der Waals surface area contributed by atoms with Crippen LogP contribution in [0.4, 0.5) is 0 Å². The van der Waals surface area contributed by atoms with Crippen molar-refractivity contribution in [3.8, 4) is 0 Å². The number of nitrogens with zero attached hydrogens (tertiary/aromatic N) is 1. The van der Waals surface area contributed by atoms with Gasteiger partial charge in [0.15, 0.2) is 0 Å². The van der Waals surface area contributed by atoms with E-state index in [0.717, 1.165) is 5.70 Å². The summed E-state index contributed by atoms with van der Waals surface area (Å²) in [5, 5.41) is 15.2. The van der Waals surface area contributed by atoms with Crippen molar-refractivity contribution in [1.29, 1.82) is 0 Å². The number of halogens is 2. The molecule has 3 unspecified atom stereocenters. The van der Waals surface area contributed by atoms with Gasteiger partial charge in [-0.05, 0) is 6.92 Å². The van der Waals surface area contributed by atoms with E-state index in [2.05, 4.69) is 10.5 Å². The van der Waals surface area contributed by atoms with Crippen LogP contribution in [0.15, 0.2) is 15.9 Å². The molecule has 1 rings (SSSR count). The van der Waals surface area contributed by atoms with E-state index >= 15 is 0 Å². The van der Waals surface area contributed by atoms with Gasteiger partial charge in [-0.1, -0.05) is 35.3 Å². The summed E-state index contributed by atoms with van der Waals surface area (Å²) in [7, 11) is 0. The van der Waals surface area contributed by atoms with Crippen LogP contribution < -0.4 is 11.1 Å². The van der Waals surface area contributed by atoms with Gasteiger partial charge in [-0.3, -0.25) is 0 Å². The highest BCUT2D eigenvalue weighted by molar-refractivity contribution is 6.31. The Balaban J connectivity index is 3.00. The molecule has 1 heterocycles. The fourth-order valence-electron chi connectivity index (χ4n) is 1.59. The SMILES string of the molecule is CC1=C(Cl)C(C)C(/C(N)=N\O)C(Cl)N1. The predicted molar refractivity (Wildman–Crippen MR) is 57.4 cm³/mol. The van der Waals surface area contributed by atoms with Gasteiger partial charge in [0.05, 0.1) is 5.92 Å². The zero-order valence-electron chi connectivity index (χ0n) is 7.96. The first-order chi connectivity index (χ1) is 6.49. The van der Waals surface area contributed by atoms with E-state index in [1.165, 1.54) is 0 Å². The van der Waals surface area contributed by atoms with Crippen LogP contribution in [0.3, 0.4) is 0 Å². The lowest BCUT2D eigenvalue weighted by molar-refractivity contribution is 0.307. The summed E-state index contributed by atoms with van der Waals surface area (Å²) in [6, 6.07) is 0. The molecule has 0 saturated heterocycles. The first-order valence-corrected chi connectivity index (χ1v) is 5.04. The first-order valence-electron chi connectivity index (χ1n) is 4.23. The molecule has 1 aliphatic rings. The molecule has 0 radical (unpaired) electrons. The molecular weight excluding hydrogens is 225 g/mol. The number of allylic oxidation sites excluding steroid dienone is 2. The third-order valence-electron chi connectivity index (χ3n) is 2.42. The average molecular weight is 238 g/mol. The second-order valence-electron chi connectivity index (χ2n) is 3.36. The Labute approximate surface area is 92.7 Å². The molecule has 1 aliphatic heterocycles. The molecule has 0 aromatic carbocycles. The van der Waals surface area contributed by atoms with Crippen molar-refractivity contribution in [3.05, 3.63) is 10.7 Å². The Kier molecular flexibility index (Phi) is 3.50. The molecule has 0 saturated carbocycles. The van der Waals surface area contributed by atoms with Crippen molar-refractivity contribution in [3.63, 3.8) is 0 Å². The normalized spacial score (nSPS) is 34.3. The van der Waals surface area contributed by atoms with E-state index in [1.54, 1.807) is 0 Å². The molecule has 0 aromatic heterocycles. The van der Waals surface area contributed by atoms with Crippen molar-refractivity contribution in [2.45, 2.75) is 19.3 Å². The number of oxime groups is 1. The minimum atomic E-state index is -0.400. The van der Waals surface area contributed by atoms with E-state index in [4.69, 9.17) is 34.1 Å². The van der Waals surface area contributed by atoms with Gasteiger partial charge in [-0.2, -0.15) is 0 Å². The lowest BCUT2D eigenvalue weighted by Gasteiger charge is -2.33. The fourth-order valence-corrected chi connectivity index (χ4v) is 2.29. The van der Waals surface area contributed by atoms with Crippen LogP contribution in [0, 0.1) is 11.8 Å². The van der Waals surface area contributed by atoms with Crippen LogP contribution in [-0.2, 0) is 0 Å². The lowest BCUT2D eigenvalue weighted by Crippen LogP contribution is -2.46. The summed E-state index contributed by atoms with van der Waals surface area (Å²) >= 11 is 12.1. The molecule has 80 valence electrons. The van der Waals surface area contributed by atoms with Crippen molar-refractivity contribution in [1.82, 2.24) is 5.32 Å². The third-order valence-corrected chi connectivity index (χ3v) is 3.43. The van der Waals surface area contributed by atoms with Gasteiger partial charge in [-0.15, -0.1) is 0 Å². The molecule has 6 heteroatoms. The Morgan fingerprint density at radius 2 is 2.21 bits per heavy atom. The molecule has 0 fully saturated rings. The van der Waals surface area contributed by atoms with E-state index in [9.17, 15) is 0 Å². The van der Waals surface area contributed by atoms with Crippen molar-refractivity contribution in [2.24, 2.45) is 22.7 Å². The summed E-state index contributed by atoms with van der Waals surface area (Å²) in [6.07, 6.45) is 0. The minimum Gasteiger partial charge on any atom is -0.409 e. The number of hydrogen-bond acceptors (Lipinski definition) is 3. The van der Waals surface area contributed by atoms with Gasteiger partial charge in [0.25, 0.3) is 0 Å². The highest BCUT2D eigenvalue weighted by Crippen LogP contribution is 2.34. The Bertz CT molecular complexity index is 290. The number of alkyl halides is 1. The summed E-state index contributed by atoms with van der Waals surface area (Å²) < 4.78 is 0. The van der Waals surface area contributed by atoms with Gasteiger partial charge in [0.2, 0.25) is 0 Å². The number of hydrogen-bond donors (Lipinski definition) is 3. The summed E-state index contributed by atoms with van der Waals surface area (Å²) in [5.41, 5.74) is 5.97. The summed E-state index contributed by atoms with van der Waals surface area (Å²) in [6.45, 7) is 3.74. The quantitative estimate of drug-likeness (QED) is 0.162. The van der Waals surface area contributed by atoms with E-state index in [-0.39, 0.29) is 17.7 Å². The second kappa shape index (κ2) is 4.28. The molecule has 0 amide bonds. The largest absolute Gasteiger partial charge is 0.409 e. The maximum atomic E-state index is 8.59. The van der Waals surface area contributed by atoms with Gasteiger partial charge in [-0.25, -0.2) is 0 Å². The molecule has 0 spiro atoms. The van der Waals surface area contributed by atoms with Crippen LogP contribution in [-0.4, -0.2) is 16.5 Å². The molecule has 4 nitrogen and oxygen atoms in total. The molecule has 0 bridgehead atoms. The predicted octanol–water partition coefficient (Wildman–Crippen LogP) is 1.62. The monoisotopic (exact) mass is 237 g/mol. The zero-order valence-corrected chi connectivity index (χ0v) is 9.47. The van der Waals surface area contributed by atoms with E-state index < -0.39 is 5.50 Å². The van der Waals surface area contributed by atoms with Crippen LogP contribution in [0.1, 0.15) is 13.8 Å². The van der Waals surface area contributed by atoms with Crippen LogP contribution in [0.25, 0.3) is 0 Å². The van der Waals surface area contributed by atoms with Crippen molar-refractivity contribution >= 4 is 29.0 Å². The molecule has 3 atom stereocenters. The topological polar surface area (TPSA) is 70.6 Å². The minimum absolute atomic E-state index is 0.0451. The Hall–Kier alpha value is -0.610. The van der Waals surface area contributed by atoms with Gasteiger partial charge in [0.1, 0.15) is 11.3 Å². The van der Waals surface area contributed by atoms with Crippen molar-refractivity contribution < 1.29 is 5.21 Å². The molecular formula is C8H13Cl2N3O. The molecule has 14 heavy (non-hydrogen) atoms. The zero-order chi connectivity index (χ0) is 10.9. The maximum absolute atomic E-state index is 8.59. The van der Waals surface area contributed by atoms with Gasteiger partial charge < -0.3 is 16.3 Å². The van der Waals surface area contributed by atoms with Crippen LogP contribution in [0.2, 0.25) is 0 Å². The maximum Gasteiger partial charge on any atom is 0.146 e. The smallest absolute Gasteiger partial charge is 0.146 e. The van der Waals surface area contributed by atoms with Gasteiger partial charge in [0, 0.05) is 16.6 Å². The lowest BCUT2D eigenvalue weighted by atomic mass is 9.89. The Morgan fingerprint density at radius 3 is 2.71 bits per heavy atom. The highest BCUT2D eigenvalue weighted by Gasteiger charge is 2.35.